The Morgan fingerprint density at radius 2 is 2.05 bits per heavy atom. The van der Waals surface area contributed by atoms with Crippen LogP contribution in [0.25, 0.3) is 0 Å². The van der Waals surface area contributed by atoms with Gasteiger partial charge in [0.05, 0.1) is 6.61 Å². The average Bonchev–Trinajstić information content (AvgIpc) is 2.46. The van der Waals surface area contributed by atoms with Gasteiger partial charge < -0.3 is 20.1 Å². The van der Waals surface area contributed by atoms with Crippen molar-refractivity contribution in [2.24, 2.45) is 0 Å². The third-order valence-corrected chi connectivity index (χ3v) is 5.06. The molecule has 0 radical (unpaired) electrons. The molecule has 1 aromatic carbocycles. The van der Waals surface area contributed by atoms with Crippen LogP contribution in [0.1, 0.15) is 22.8 Å². The summed E-state index contributed by atoms with van der Waals surface area (Å²) in [5, 5.41) is 29.8. The summed E-state index contributed by atoms with van der Waals surface area (Å²) in [6, 6.07) is 6.68. The van der Waals surface area contributed by atoms with E-state index in [-0.39, 0.29) is 12.4 Å². The van der Waals surface area contributed by atoms with Crippen LogP contribution in [0, 0.1) is 0 Å². The van der Waals surface area contributed by atoms with E-state index in [4.69, 9.17) is 4.74 Å². The van der Waals surface area contributed by atoms with Gasteiger partial charge in [-0.1, -0.05) is 35.1 Å². The fourth-order valence-electron chi connectivity index (χ4n) is 2.29. The van der Waals surface area contributed by atoms with Crippen LogP contribution in [0.15, 0.2) is 24.3 Å². The van der Waals surface area contributed by atoms with Gasteiger partial charge in [-0.2, -0.15) is 0 Å². The van der Waals surface area contributed by atoms with Crippen molar-refractivity contribution < 1.29 is 24.9 Å². The zero-order chi connectivity index (χ0) is 14.9. The molecule has 0 aliphatic carbocycles. The number of ether oxygens (including phenoxy) is 1. The molecule has 5 nitrogen and oxygen atoms in total. The highest BCUT2D eigenvalue weighted by atomic mass is 33.1. The summed E-state index contributed by atoms with van der Waals surface area (Å²) in [7, 11) is 0.891. The lowest BCUT2D eigenvalue weighted by molar-refractivity contribution is -0.204. The maximum Gasteiger partial charge on any atom is 0.177 e. The molecule has 1 saturated heterocycles. The summed E-state index contributed by atoms with van der Waals surface area (Å²) < 4.78 is 5.56. The molecule has 110 valence electrons. The summed E-state index contributed by atoms with van der Waals surface area (Å²) in [5.41, 5.74) is 0.822. The minimum Gasteiger partial charge on any atom is -0.388 e. The molecule has 1 aromatic rings. The lowest BCUT2D eigenvalue weighted by Gasteiger charge is -2.44. The van der Waals surface area contributed by atoms with E-state index >= 15 is 0 Å². The quantitative estimate of drug-likeness (QED) is 0.374. The molecular formula is C13H16O5S2. The van der Waals surface area contributed by atoms with E-state index in [2.05, 4.69) is 11.7 Å². The number of carbonyl (C=O) groups is 1. The van der Waals surface area contributed by atoms with Crippen molar-refractivity contribution in [3.05, 3.63) is 35.4 Å². The first kappa shape index (κ1) is 15.8. The smallest absolute Gasteiger partial charge is 0.177 e. The van der Waals surface area contributed by atoms with Gasteiger partial charge in [-0.3, -0.25) is 4.79 Å². The van der Waals surface area contributed by atoms with Gasteiger partial charge >= 0.3 is 0 Å². The molecular weight excluding hydrogens is 300 g/mol. The van der Waals surface area contributed by atoms with E-state index in [1.807, 2.05) is 0 Å². The summed E-state index contributed by atoms with van der Waals surface area (Å²) in [5.74, 6) is -0.182. The molecule has 0 amide bonds. The third kappa shape index (κ3) is 2.49. The molecule has 1 aliphatic rings. The van der Waals surface area contributed by atoms with Gasteiger partial charge in [0.15, 0.2) is 10.7 Å². The van der Waals surface area contributed by atoms with Crippen LogP contribution < -0.4 is 0 Å². The topological polar surface area (TPSA) is 87.0 Å². The minimum atomic E-state index is -1.41. The van der Waals surface area contributed by atoms with E-state index in [9.17, 15) is 20.1 Å². The van der Waals surface area contributed by atoms with E-state index < -0.39 is 23.2 Å². The molecule has 4 atom stereocenters. The maximum absolute atomic E-state index is 11.7. The molecule has 1 aliphatic heterocycles. The predicted octanol–water partition coefficient (Wildman–Crippen LogP) is 0.733. The van der Waals surface area contributed by atoms with Gasteiger partial charge in [0.25, 0.3) is 0 Å². The Labute approximate surface area is 125 Å². The number of benzene rings is 1. The Bertz CT molecular complexity index is 509. The van der Waals surface area contributed by atoms with Gasteiger partial charge in [0.2, 0.25) is 0 Å². The Hall–Kier alpha value is -0.570. The monoisotopic (exact) mass is 316 g/mol. The number of rotatable bonds is 3. The van der Waals surface area contributed by atoms with Crippen molar-refractivity contribution in [3.63, 3.8) is 0 Å². The Morgan fingerprint density at radius 1 is 1.40 bits per heavy atom. The summed E-state index contributed by atoms with van der Waals surface area (Å²) in [6.07, 6.45) is -3.96. The van der Waals surface area contributed by atoms with Crippen LogP contribution in [0.4, 0.5) is 0 Å². The van der Waals surface area contributed by atoms with Crippen molar-refractivity contribution in [3.8, 4) is 0 Å². The molecule has 2 rings (SSSR count). The molecule has 0 unspecified atom stereocenters. The molecule has 1 fully saturated rings. The van der Waals surface area contributed by atoms with Crippen molar-refractivity contribution >= 4 is 28.2 Å². The number of aliphatic hydroxyl groups is 3. The number of thiol groups is 1. The molecule has 3 N–H and O–H groups in total. The van der Waals surface area contributed by atoms with Crippen molar-refractivity contribution in [1.82, 2.24) is 0 Å². The van der Waals surface area contributed by atoms with Crippen molar-refractivity contribution in [1.29, 1.82) is 0 Å². The molecule has 0 saturated carbocycles. The second-order valence-electron chi connectivity index (χ2n) is 4.67. The second-order valence-corrected chi connectivity index (χ2v) is 6.01. The number of carbonyl (C=O) groups excluding carboxylic acids is 1. The zero-order valence-corrected chi connectivity index (χ0v) is 12.5. The second kappa shape index (κ2) is 6.05. The highest BCUT2D eigenvalue weighted by molar-refractivity contribution is 8.68. The fourth-order valence-corrected chi connectivity index (χ4v) is 3.71. The number of ketones is 1. The Kier molecular flexibility index (Phi) is 4.78. The largest absolute Gasteiger partial charge is 0.388 e. The number of aliphatic hydroxyl groups excluding tert-OH is 3. The Morgan fingerprint density at radius 3 is 2.65 bits per heavy atom. The first-order valence-corrected chi connectivity index (χ1v) is 7.92. The van der Waals surface area contributed by atoms with Gasteiger partial charge in [0, 0.05) is 11.1 Å². The van der Waals surface area contributed by atoms with Crippen LogP contribution in [-0.2, 0) is 9.67 Å². The molecule has 1 heterocycles. The van der Waals surface area contributed by atoms with E-state index in [0.717, 1.165) is 10.8 Å². The summed E-state index contributed by atoms with van der Waals surface area (Å²) in [4.78, 5) is 10.3. The molecule has 7 heteroatoms. The van der Waals surface area contributed by atoms with E-state index in [1.165, 1.54) is 6.92 Å². The lowest BCUT2D eigenvalue weighted by Crippen LogP contribution is -2.57. The summed E-state index contributed by atoms with van der Waals surface area (Å²) >= 11 is 4.13. The van der Waals surface area contributed by atoms with Crippen molar-refractivity contribution in [2.75, 3.05) is 6.61 Å². The predicted molar refractivity (Wildman–Crippen MR) is 78.7 cm³/mol. The fraction of sp³-hybridized carbons (Fsp3) is 0.462. The third-order valence-electron chi connectivity index (χ3n) is 3.39. The maximum atomic E-state index is 11.7. The van der Waals surface area contributed by atoms with Crippen LogP contribution in [0.3, 0.4) is 0 Å². The average molecular weight is 316 g/mol. The van der Waals surface area contributed by atoms with Crippen LogP contribution in [0.5, 0.6) is 0 Å². The normalized spacial score (nSPS) is 34.0. The van der Waals surface area contributed by atoms with Crippen LogP contribution >= 0.6 is 22.5 Å². The van der Waals surface area contributed by atoms with Crippen LogP contribution in [-0.4, -0.2) is 46.0 Å². The van der Waals surface area contributed by atoms with Gasteiger partial charge in [-0.15, -0.1) is 11.7 Å². The van der Waals surface area contributed by atoms with Crippen LogP contribution in [0.2, 0.25) is 0 Å². The number of Topliss-reactive ketones (excluding diaryl/α,β-unsaturated/α-hetero) is 1. The van der Waals surface area contributed by atoms with E-state index in [0.29, 0.717) is 11.1 Å². The van der Waals surface area contributed by atoms with Crippen molar-refractivity contribution in [2.45, 2.75) is 30.2 Å². The zero-order valence-electron chi connectivity index (χ0n) is 10.8. The molecule has 20 heavy (non-hydrogen) atoms. The minimum absolute atomic E-state index is 0.155. The van der Waals surface area contributed by atoms with Gasteiger partial charge in [-0.25, -0.2) is 0 Å². The number of hydrogen-bond donors (Lipinski definition) is 4. The first-order valence-electron chi connectivity index (χ1n) is 6.05. The molecule has 0 bridgehead atoms. The molecule has 0 spiro atoms. The Balaban J connectivity index is 2.54. The lowest BCUT2D eigenvalue weighted by atomic mass is 9.90. The number of hydrogen-bond acceptors (Lipinski definition) is 7. The summed E-state index contributed by atoms with van der Waals surface area (Å²) in [6.45, 7) is 1.26. The van der Waals surface area contributed by atoms with E-state index in [1.54, 1.807) is 24.3 Å². The molecule has 0 aromatic heterocycles. The van der Waals surface area contributed by atoms with Gasteiger partial charge in [-0.05, 0) is 6.92 Å². The first-order chi connectivity index (χ1) is 9.44. The highest BCUT2D eigenvalue weighted by Gasteiger charge is 2.51. The standard InChI is InChI=1S/C13H16O5S2/c1-7(14)8-4-2-3-5-9(8)13(20-19)12(17)11(16)10(15)6-18-13/h2-5,10-12,15-17,19H,6H2,1H3/t10-,11+,12-,13+/m1/s1. The highest BCUT2D eigenvalue weighted by Crippen LogP contribution is 2.48. The van der Waals surface area contributed by atoms with Gasteiger partial charge in [0.1, 0.15) is 18.3 Å². The SMILES string of the molecule is CC(=O)c1ccccc1[C@@]1(SS)OC[C@@H](O)[C@H](O)[C@H]1O.